The summed E-state index contributed by atoms with van der Waals surface area (Å²) < 4.78 is 0. The van der Waals surface area contributed by atoms with Crippen molar-refractivity contribution in [3.63, 3.8) is 0 Å². The van der Waals surface area contributed by atoms with Crippen LogP contribution in [0.3, 0.4) is 0 Å². The molecule has 1 aromatic heterocycles. The number of aryl methyl sites for hydroxylation is 1. The predicted molar refractivity (Wildman–Crippen MR) is 106 cm³/mol. The molecule has 1 N–H and O–H groups in total. The van der Waals surface area contributed by atoms with Crippen molar-refractivity contribution >= 4 is 34.9 Å². The second-order valence-electron chi connectivity index (χ2n) is 6.47. The van der Waals surface area contributed by atoms with E-state index in [1.165, 1.54) is 10.4 Å². The monoisotopic (exact) mass is 374 g/mol. The van der Waals surface area contributed by atoms with Gasteiger partial charge in [0.05, 0.1) is 0 Å². The van der Waals surface area contributed by atoms with Gasteiger partial charge >= 0.3 is 0 Å². The summed E-state index contributed by atoms with van der Waals surface area (Å²) in [6.45, 7) is 5.01. The van der Waals surface area contributed by atoms with Gasteiger partial charge in [-0.3, -0.25) is 9.69 Å². The van der Waals surface area contributed by atoms with E-state index in [0.29, 0.717) is 0 Å². The van der Waals surface area contributed by atoms with Gasteiger partial charge in [0.1, 0.15) is 0 Å². The number of carbonyl (C=O) groups is 1. The predicted octanol–water partition coefficient (Wildman–Crippen LogP) is 4.50. The van der Waals surface area contributed by atoms with Gasteiger partial charge in [-0.1, -0.05) is 23.7 Å². The van der Waals surface area contributed by atoms with Gasteiger partial charge in [-0.2, -0.15) is 0 Å². The summed E-state index contributed by atoms with van der Waals surface area (Å²) >= 11 is 7.63. The summed E-state index contributed by atoms with van der Waals surface area (Å²) in [4.78, 5) is 16.9. The molecule has 0 unspecified atom stereocenters. The highest BCUT2D eigenvalue weighted by atomic mass is 35.5. The highest BCUT2D eigenvalue weighted by Crippen LogP contribution is 2.17. The van der Waals surface area contributed by atoms with Gasteiger partial charge in [-0.15, -0.1) is 11.3 Å². The zero-order chi connectivity index (χ0) is 17.6. The molecule has 0 bridgehead atoms. The van der Waals surface area contributed by atoms with Crippen LogP contribution in [-0.2, 0) is 11.3 Å². The van der Waals surface area contributed by atoms with Crippen LogP contribution in [0.1, 0.15) is 28.2 Å². The molecule has 1 saturated heterocycles. The number of nitrogens with zero attached hydrogens (tertiary/aromatic N) is 1. The minimum atomic E-state index is 0.00204. The minimum Gasteiger partial charge on any atom is -0.350 e. The van der Waals surface area contributed by atoms with Gasteiger partial charge in [0, 0.05) is 46.5 Å². The molecule has 0 atom stereocenters. The molecule has 1 aromatic carbocycles. The maximum atomic E-state index is 12.1. The van der Waals surface area contributed by atoms with Crippen LogP contribution in [0, 0.1) is 6.92 Å². The highest BCUT2D eigenvalue weighted by molar-refractivity contribution is 7.12. The van der Waals surface area contributed by atoms with E-state index in [0.717, 1.165) is 42.4 Å². The van der Waals surface area contributed by atoms with Crippen molar-refractivity contribution in [3.8, 4) is 0 Å². The largest absolute Gasteiger partial charge is 0.350 e. The SMILES string of the molecule is Cc1ccc(/C=C/C(=O)NC2CCN(Cc3ccc(Cl)cc3)CC2)s1. The molecule has 2 aromatic rings. The molecule has 2 heterocycles. The van der Waals surface area contributed by atoms with Gasteiger partial charge in [0.25, 0.3) is 0 Å². The standard InChI is InChI=1S/C20H23ClN2OS/c1-15-2-7-19(25-15)8-9-20(24)22-18-10-12-23(13-11-18)14-16-3-5-17(21)6-4-16/h2-9,18H,10-14H2,1H3,(H,22,24)/b9-8+. The van der Waals surface area contributed by atoms with E-state index >= 15 is 0 Å². The molecule has 0 radical (unpaired) electrons. The Labute approximate surface area is 158 Å². The molecule has 5 heteroatoms. The molecule has 1 aliphatic rings. The number of nitrogens with one attached hydrogen (secondary N) is 1. The smallest absolute Gasteiger partial charge is 0.244 e. The highest BCUT2D eigenvalue weighted by Gasteiger charge is 2.20. The Morgan fingerprint density at radius 1 is 1.24 bits per heavy atom. The van der Waals surface area contributed by atoms with Crippen molar-refractivity contribution in [1.29, 1.82) is 0 Å². The van der Waals surface area contributed by atoms with Gasteiger partial charge in [0.15, 0.2) is 0 Å². The molecular formula is C20H23ClN2OS. The Balaban J connectivity index is 1.42. The van der Waals surface area contributed by atoms with Crippen LogP contribution in [-0.4, -0.2) is 29.9 Å². The summed E-state index contributed by atoms with van der Waals surface area (Å²) in [5.41, 5.74) is 1.28. The molecule has 3 rings (SSSR count). The van der Waals surface area contributed by atoms with Crippen LogP contribution in [0.5, 0.6) is 0 Å². The fraction of sp³-hybridized carbons (Fsp3) is 0.350. The minimum absolute atomic E-state index is 0.00204. The lowest BCUT2D eigenvalue weighted by Crippen LogP contribution is -2.43. The lowest BCUT2D eigenvalue weighted by atomic mass is 10.0. The average molecular weight is 375 g/mol. The van der Waals surface area contributed by atoms with Gasteiger partial charge in [-0.25, -0.2) is 0 Å². The molecule has 25 heavy (non-hydrogen) atoms. The number of halogens is 1. The van der Waals surface area contributed by atoms with Gasteiger partial charge in [0.2, 0.25) is 5.91 Å². The summed E-state index contributed by atoms with van der Waals surface area (Å²) in [7, 11) is 0. The topological polar surface area (TPSA) is 32.3 Å². The van der Waals surface area contributed by atoms with Crippen LogP contribution in [0.15, 0.2) is 42.5 Å². The molecule has 0 spiro atoms. The maximum Gasteiger partial charge on any atom is 0.244 e. The normalized spacial score (nSPS) is 16.4. The number of carbonyl (C=O) groups excluding carboxylic acids is 1. The van der Waals surface area contributed by atoms with E-state index in [4.69, 9.17) is 11.6 Å². The molecule has 0 saturated carbocycles. The van der Waals surface area contributed by atoms with Crippen LogP contribution >= 0.6 is 22.9 Å². The number of benzene rings is 1. The van der Waals surface area contributed by atoms with Crippen LogP contribution in [0.4, 0.5) is 0 Å². The van der Waals surface area contributed by atoms with Crippen molar-refractivity contribution in [2.24, 2.45) is 0 Å². The third-order valence-electron chi connectivity index (χ3n) is 4.41. The molecule has 1 amide bonds. The molecule has 132 valence electrons. The number of rotatable bonds is 5. The number of likely N-dealkylation sites (tertiary alicyclic amines) is 1. The molecule has 1 fully saturated rings. The molecule has 0 aliphatic carbocycles. The summed E-state index contributed by atoms with van der Waals surface area (Å²) in [6, 6.07) is 12.4. The Kier molecular flexibility index (Phi) is 6.29. The second-order valence-corrected chi connectivity index (χ2v) is 8.22. The van der Waals surface area contributed by atoms with E-state index in [-0.39, 0.29) is 11.9 Å². The zero-order valence-electron chi connectivity index (χ0n) is 14.4. The van der Waals surface area contributed by atoms with Gasteiger partial charge in [-0.05, 0) is 55.7 Å². The Morgan fingerprint density at radius 2 is 1.96 bits per heavy atom. The summed E-state index contributed by atoms with van der Waals surface area (Å²) in [5, 5.41) is 3.90. The van der Waals surface area contributed by atoms with Crippen molar-refractivity contribution in [1.82, 2.24) is 10.2 Å². The first-order valence-electron chi connectivity index (χ1n) is 8.60. The number of hydrogen-bond acceptors (Lipinski definition) is 3. The number of piperidine rings is 1. The average Bonchev–Trinajstić information content (AvgIpc) is 3.02. The Bertz CT molecular complexity index is 730. The van der Waals surface area contributed by atoms with Crippen molar-refractivity contribution in [2.45, 2.75) is 32.4 Å². The molecule has 3 nitrogen and oxygen atoms in total. The first-order valence-corrected chi connectivity index (χ1v) is 9.80. The van der Waals surface area contributed by atoms with E-state index in [2.05, 4.69) is 35.3 Å². The zero-order valence-corrected chi connectivity index (χ0v) is 15.9. The van der Waals surface area contributed by atoms with Crippen LogP contribution in [0.25, 0.3) is 6.08 Å². The first-order chi connectivity index (χ1) is 12.1. The van der Waals surface area contributed by atoms with E-state index in [1.807, 2.05) is 24.3 Å². The third-order valence-corrected chi connectivity index (χ3v) is 5.63. The van der Waals surface area contributed by atoms with E-state index in [9.17, 15) is 4.79 Å². The Hall–Kier alpha value is -1.62. The number of amides is 1. The fourth-order valence-corrected chi connectivity index (χ4v) is 3.94. The number of hydrogen-bond donors (Lipinski definition) is 1. The third kappa shape index (κ3) is 5.70. The van der Waals surface area contributed by atoms with Crippen molar-refractivity contribution in [2.75, 3.05) is 13.1 Å². The van der Waals surface area contributed by atoms with Crippen LogP contribution in [0.2, 0.25) is 5.02 Å². The maximum absolute atomic E-state index is 12.1. The first kappa shape index (κ1) is 18.2. The van der Waals surface area contributed by atoms with Gasteiger partial charge < -0.3 is 5.32 Å². The van der Waals surface area contributed by atoms with Crippen LogP contribution < -0.4 is 5.32 Å². The quantitative estimate of drug-likeness (QED) is 0.781. The Morgan fingerprint density at radius 3 is 2.60 bits per heavy atom. The lowest BCUT2D eigenvalue weighted by Gasteiger charge is -2.32. The van der Waals surface area contributed by atoms with Crippen molar-refractivity contribution < 1.29 is 4.79 Å². The fourth-order valence-electron chi connectivity index (χ4n) is 3.03. The summed E-state index contributed by atoms with van der Waals surface area (Å²) in [5.74, 6) is 0.00204. The second kappa shape index (κ2) is 8.65. The molecule has 1 aliphatic heterocycles. The number of thiophene rings is 1. The van der Waals surface area contributed by atoms with Crippen molar-refractivity contribution in [3.05, 3.63) is 62.8 Å². The lowest BCUT2D eigenvalue weighted by molar-refractivity contribution is -0.117. The van der Waals surface area contributed by atoms with E-state index in [1.54, 1.807) is 17.4 Å². The molecular weight excluding hydrogens is 352 g/mol. The van der Waals surface area contributed by atoms with E-state index < -0.39 is 0 Å². The summed E-state index contributed by atoms with van der Waals surface area (Å²) in [6.07, 6.45) is 5.52.